The summed E-state index contributed by atoms with van der Waals surface area (Å²) in [6, 6.07) is 0. The van der Waals surface area contributed by atoms with E-state index >= 15 is 0 Å². The van der Waals surface area contributed by atoms with Crippen LogP contribution in [0.5, 0.6) is 0 Å². The van der Waals surface area contributed by atoms with Gasteiger partial charge < -0.3 is 5.84 Å². The van der Waals surface area contributed by atoms with Gasteiger partial charge in [-0.05, 0) is 26.1 Å². The first-order valence-electron chi connectivity index (χ1n) is 3.05. The smallest absolute Gasteiger partial charge is 0.214 e. The summed E-state index contributed by atoms with van der Waals surface area (Å²) in [6.07, 6.45) is 0. The third-order valence-electron chi connectivity index (χ3n) is 1.24. The van der Waals surface area contributed by atoms with Gasteiger partial charge in [0.25, 0.3) is 0 Å². The minimum Gasteiger partial charge on any atom is -0.335 e. The number of aromatic amines is 1. The standard InChI is InChI=1S/C5H9FN4S/c1-5(2,6)3-8-9-4(11)10(3)7/h7H2,1-2H3,(H,9,11). The fourth-order valence-electron chi connectivity index (χ4n) is 0.724. The molecule has 1 aromatic heterocycles. The molecular formula is C5H9FN4S. The highest BCUT2D eigenvalue weighted by Gasteiger charge is 2.25. The highest BCUT2D eigenvalue weighted by molar-refractivity contribution is 7.71. The van der Waals surface area contributed by atoms with Crippen LogP contribution in [0.25, 0.3) is 0 Å². The van der Waals surface area contributed by atoms with Gasteiger partial charge in [-0.25, -0.2) is 9.07 Å². The molecule has 62 valence electrons. The van der Waals surface area contributed by atoms with Gasteiger partial charge in [0.05, 0.1) is 0 Å². The summed E-state index contributed by atoms with van der Waals surface area (Å²) in [5.41, 5.74) is -1.57. The van der Waals surface area contributed by atoms with Gasteiger partial charge in [-0.3, -0.25) is 5.10 Å². The molecule has 0 atom stereocenters. The quantitative estimate of drug-likeness (QED) is 0.493. The van der Waals surface area contributed by atoms with Gasteiger partial charge >= 0.3 is 0 Å². The van der Waals surface area contributed by atoms with Crippen molar-refractivity contribution < 1.29 is 4.39 Å². The molecule has 0 unspecified atom stereocenters. The maximum absolute atomic E-state index is 13.2. The fourth-order valence-corrected chi connectivity index (χ4v) is 0.856. The monoisotopic (exact) mass is 176 g/mol. The Balaban J connectivity index is 3.26. The van der Waals surface area contributed by atoms with Crippen LogP contribution in [0.15, 0.2) is 0 Å². The molecule has 1 rings (SSSR count). The number of nitrogens with zero attached hydrogens (tertiary/aromatic N) is 2. The van der Waals surface area contributed by atoms with E-state index in [4.69, 9.17) is 18.1 Å². The Labute approximate surface area is 68.2 Å². The van der Waals surface area contributed by atoms with E-state index in [-0.39, 0.29) is 10.6 Å². The molecule has 1 aromatic rings. The lowest BCUT2D eigenvalue weighted by Gasteiger charge is -2.11. The van der Waals surface area contributed by atoms with Crippen LogP contribution in [-0.2, 0) is 5.67 Å². The van der Waals surface area contributed by atoms with Gasteiger partial charge in [0.2, 0.25) is 4.77 Å². The van der Waals surface area contributed by atoms with Crippen molar-refractivity contribution >= 4 is 12.2 Å². The van der Waals surface area contributed by atoms with E-state index < -0.39 is 5.67 Å². The zero-order valence-corrected chi connectivity index (χ0v) is 7.07. The van der Waals surface area contributed by atoms with E-state index in [9.17, 15) is 4.39 Å². The molecule has 0 spiro atoms. The Morgan fingerprint density at radius 2 is 2.27 bits per heavy atom. The predicted octanol–water partition coefficient (Wildman–Crippen LogP) is 0.859. The second-order valence-electron chi connectivity index (χ2n) is 2.69. The third-order valence-corrected chi connectivity index (χ3v) is 1.52. The SMILES string of the molecule is CC(C)(F)c1n[nH]c(=S)n1N. The van der Waals surface area contributed by atoms with Crippen LogP contribution in [0.3, 0.4) is 0 Å². The van der Waals surface area contributed by atoms with E-state index in [1.165, 1.54) is 13.8 Å². The second-order valence-corrected chi connectivity index (χ2v) is 3.08. The van der Waals surface area contributed by atoms with Gasteiger partial charge in [-0.1, -0.05) is 0 Å². The average molecular weight is 176 g/mol. The lowest BCUT2D eigenvalue weighted by Crippen LogP contribution is -2.22. The summed E-state index contributed by atoms with van der Waals surface area (Å²) >= 11 is 4.70. The van der Waals surface area contributed by atoms with Gasteiger partial charge in [0, 0.05) is 0 Å². The first kappa shape index (κ1) is 8.19. The van der Waals surface area contributed by atoms with Crippen LogP contribution >= 0.6 is 12.2 Å². The predicted molar refractivity (Wildman–Crippen MR) is 41.7 cm³/mol. The molecule has 0 aromatic carbocycles. The molecule has 0 bridgehead atoms. The summed E-state index contributed by atoms with van der Waals surface area (Å²) in [5, 5.41) is 6.03. The van der Waals surface area contributed by atoms with E-state index in [1.807, 2.05) is 0 Å². The molecule has 1 heterocycles. The van der Waals surface area contributed by atoms with Gasteiger partial charge in [0.1, 0.15) is 0 Å². The van der Waals surface area contributed by atoms with Crippen molar-refractivity contribution in [2.45, 2.75) is 19.5 Å². The molecular weight excluding hydrogens is 167 g/mol. The minimum absolute atomic E-state index is 0.0995. The number of hydrogen-bond acceptors (Lipinski definition) is 3. The number of nitrogens with one attached hydrogen (secondary N) is 1. The third kappa shape index (κ3) is 1.40. The van der Waals surface area contributed by atoms with Crippen molar-refractivity contribution in [3.8, 4) is 0 Å². The minimum atomic E-state index is -1.57. The Bertz CT molecular complexity index is 307. The number of halogens is 1. The first-order chi connectivity index (χ1) is 4.93. The molecule has 0 aliphatic carbocycles. The summed E-state index contributed by atoms with van der Waals surface area (Å²) in [5.74, 6) is 5.47. The average Bonchev–Trinajstić information content (AvgIpc) is 2.11. The van der Waals surface area contributed by atoms with Crippen LogP contribution in [-0.4, -0.2) is 14.9 Å². The first-order valence-corrected chi connectivity index (χ1v) is 3.45. The Hall–Kier alpha value is -0.910. The van der Waals surface area contributed by atoms with Crippen LogP contribution in [0.2, 0.25) is 0 Å². The number of aromatic nitrogens is 3. The van der Waals surface area contributed by atoms with Crippen LogP contribution in [0.1, 0.15) is 19.7 Å². The van der Waals surface area contributed by atoms with E-state index in [1.54, 1.807) is 0 Å². The zero-order chi connectivity index (χ0) is 8.65. The summed E-state index contributed by atoms with van der Waals surface area (Å²) in [6.45, 7) is 2.72. The lowest BCUT2D eigenvalue weighted by atomic mass is 10.2. The van der Waals surface area contributed by atoms with Crippen molar-refractivity contribution in [2.24, 2.45) is 0 Å². The molecule has 0 aliphatic rings. The number of hydrogen-bond donors (Lipinski definition) is 2. The summed E-state index contributed by atoms with van der Waals surface area (Å²) in [7, 11) is 0. The van der Waals surface area contributed by atoms with Crippen molar-refractivity contribution in [1.82, 2.24) is 14.9 Å². The molecule has 0 saturated heterocycles. The van der Waals surface area contributed by atoms with Crippen molar-refractivity contribution in [1.29, 1.82) is 0 Å². The van der Waals surface area contributed by atoms with E-state index in [0.29, 0.717) is 0 Å². The zero-order valence-electron chi connectivity index (χ0n) is 6.26. The highest BCUT2D eigenvalue weighted by atomic mass is 32.1. The molecule has 0 radical (unpaired) electrons. The molecule has 0 saturated carbocycles. The number of H-pyrrole nitrogens is 1. The van der Waals surface area contributed by atoms with E-state index in [2.05, 4.69) is 10.2 Å². The number of rotatable bonds is 1. The molecule has 4 nitrogen and oxygen atoms in total. The Morgan fingerprint density at radius 3 is 2.45 bits per heavy atom. The van der Waals surface area contributed by atoms with Crippen molar-refractivity contribution in [3.63, 3.8) is 0 Å². The van der Waals surface area contributed by atoms with Crippen molar-refractivity contribution in [3.05, 3.63) is 10.6 Å². The van der Waals surface area contributed by atoms with Gasteiger partial charge in [-0.15, -0.1) is 0 Å². The molecule has 6 heteroatoms. The van der Waals surface area contributed by atoms with Gasteiger partial charge in [0.15, 0.2) is 11.5 Å². The fraction of sp³-hybridized carbons (Fsp3) is 0.600. The normalized spacial score (nSPS) is 11.9. The Morgan fingerprint density at radius 1 is 1.73 bits per heavy atom. The van der Waals surface area contributed by atoms with Crippen molar-refractivity contribution in [2.75, 3.05) is 5.84 Å². The molecule has 11 heavy (non-hydrogen) atoms. The second kappa shape index (κ2) is 2.30. The summed E-state index contributed by atoms with van der Waals surface area (Å²) in [4.78, 5) is 0. The van der Waals surface area contributed by atoms with Crippen LogP contribution in [0, 0.1) is 4.77 Å². The Kier molecular flexibility index (Phi) is 1.71. The molecule has 0 amide bonds. The van der Waals surface area contributed by atoms with Crippen LogP contribution in [0.4, 0.5) is 4.39 Å². The number of nitrogens with two attached hydrogens (primary N) is 1. The molecule has 3 N–H and O–H groups in total. The lowest BCUT2D eigenvalue weighted by molar-refractivity contribution is 0.202. The maximum Gasteiger partial charge on any atom is 0.214 e. The summed E-state index contributed by atoms with van der Waals surface area (Å²) < 4.78 is 14.4. The largest absolute Gasteiger partial charge is 0.335 e. The number of nitrogen functional groups attached to an aromatic ring is 1. The molecule has 0 fully saturated rings. The topological polar surface area (TPSA) is 59.6 Å². The van der Waals surface area contributed by atoms with E-state index in [0.717, 1.165) is 4.68 Å². The number of alkyl halides is 1. The maximum atomic E-state index is 13.2. The molecule has 0 aliphatic heterocycles. The highest BCUT2D eigenvalue weighted by Crippen LogP contribution is 2.20. The van der Waals surface area contributed by atoms with Crippen LogP contribution < -0.4 is 5.84 Å². The van der Waals surface area contributed by atoms with Gasteiger partial charge in [-0.2, -0.15) is 5.10 Å².